The monoisotopic (exact) mass is 286 g/mol. The second-order valence-electron chi connectivity index (χ2n) is 5.47. The number of nitrogens with two attached hydrogens (primary N) is 1. The first-order valence-electron chi connectivity index (χ1n) is 7.12. The lowest BCUT2D eigenvalue weighted by Crippen LogP contribution is -2.24. The summed E-state index contributed by atoms with van der Waals surface area (Å²) in [6, 6.07) is 12.8. The van der Waals surface area contributed by atoms with Gasteiger partial charge < -0.3 is 11.1 Å². The van der Waals surface area contributed by atoms with Gasteiger partial charge in [0.05, 0.1) is 0 Å². The SMILES string of the molecule is CCC(Nc1ccc(C(N)=S)c2ccccc12)C(C)C. The molecule has 0 aliphatic carbocycles. The van der Waals surface area contributed by atoms with Crippen LogP contribution in [0.1, 0.15) is 32.8 Å². The van der Waals surface area contributed by atoms with Gasteiger partial charge in [0.25, 0.3) is 0 Å². The smallest absolute Gasteiger partial charge is 0.104 e. The number of hydrogen-bond acceptors (Lipinski definition) is 2. The van der Waals surface area contributed by atoms with Crippen LogP contribution in [0.4, 0.5) is 5.69 Å². The fraction of sp³-hybridized carbons (Fsp3) is 0.353. The van der Waals surface area contributed by atoms with E-state index in [1.807, 2.05) is 18.2 Å². The van der Waals surface area contributed by atoms with E-state index in [1.54, 1.807) is 0 Å². The first-order chi connectivity index (χ1) is 9.54. The lowest BCUT2D eigenvalue weighted by molar-refractivity contribution is 0.512. The van der Waals surface area contributed by atoms with Crippen molar-refractivity contribution in [3.8, 4) is 0 Å². The number of fused-ring (bicyclic) bond motifs is 1. The minimum absolute atomic E-state index is 0.448. The third-order valence-corrected chi connectivity index (χ3v) is 3.99. The summed E-state index contributed by atoms with van der Waals surface area (Å²) in [5, 5.41) is 5.95. The normalized spacial score (nSPS) is 12.6. The zero-order valence-corrected chi connectivity index (χ0v) is 13.1. The van der Waals surface area contributed by atoms with Gasteiger partial charge in [0.1, 0.15) is 4.99 Å². The Bertz CT molecular complexity index is 619. The predicted octanol–water partition coefficient (Wildman–Crippen LogP) is 4.32. The third kappa shape index (κ3) is 2.93. The maximum atomic E-state index is 5.82. The molecule has 0 amide bonds. The van der Waals surface area contributed by atoms with E-state index in [1.165, 1.54) is 5.39 Å². The van der Waals surface area contributed by atoms with Crippen molar-refractivity contribution in [3.63, 3.8) is 0 Å². The van der Waals surface area contributed by atoms with Crippen LogP contribution in [0, 0.1) is 5.92 Å². The summed E-state index contributed by atoms with van der Waals surface area (Å²) < 4.78 is 0. The first-order valence-corrected chi connectivity index (χ1v) is 7.53. The lowest BCUT2D eigenvalue weighted by atomic mass is 9.99. The zero-order chi connectivity index (χ0) is 14.7. The molecular formula is C17H22N2S. The highest BCUT2D eigenvalue weighted by molar-refractivity contribution is 7.80. The summed E-state index contributed by atoms with van der Waals surface area (Å²) in [7, 11) is 0. The highest BCUT2D eigenvalue weighted by Gasteiger charge is 2.13. The van der Waals surface area contributed by atoms with E-state index in [2.05, 4.69) is 44.3 Å². The third-order valence-electron chi connectivity index (χ3n) is 3.77. The van der Waals surface area contributed by atoms with Gasteiger partial charge in [0.15, 0.2) is 0 Å². The molecule has 0 aliphatic heterocycles. The lowest BCUT2D eigenvalue weighted by Gasteiger charge is -2.23. The minimum Gasteiger partial charge on any atom is -0.389 e. The quantitative estimate of drug-likeness (QED) is 0.804. The molecule has 2 aromatic carbocycles. The molecule has 0 heterocycles. The van der Waals surface area contributed by atoms with E-state index >= 15 is 0 Å². The summed E-state index contributed by atoms with van der Waals surface area (Å²) in [6.45, 7) is 6.70. The van der Waals surface area contributed by atoms with Gasteiger partial charge in [-0.1, -0.05) is 57.3 Å². The number of anilines is 1. The van der Waals surface area contributed by atoms with Crippen molar-refractivity contribution in [2.45, 2.75) is 33.2 Å². The summed E-state index contributed by atoms with van der Waals surface area (Å²) in [4.78, 5) is 0.448. The second kappa shape index (κ2) is 6.23. The highest BCUT2D eigenvalue weighted by Crippen LogP contribution is 2.28. The molecule has 2 rings (SSSR count). The summed E-state index contributed by atoms with van der Waals surface area (Å²) in [5.41, 5.74) is 7.91. The predicted molar refractivity (Wildman–Crippen MR) is 92.4 cm³/mol. The van der Waals surface area contributed by atoms with Crippen LogP contribution in [-0.4, -0.2) is 11.0 Å². The van der Waals surface area contributed by atoms with Crippen molar-refractivity contribution in [2.75, 3.05) is 5.32 Å². The van der Waals surface area contributed by atoms with Crippen LogP contribution in [0.5, 0.6) is 0 Å². The fourth-order valence-corrected chi connectivity index (χ4v) is 2.76. The van der Waals surface area contributed by atoms with Crippen LogP contribution < -0.4 is 11.1 Å². The molecule has 2 nitrogen and oxygen atoms in total. The van der Waals surface area contributed by atoms with Crippen LogP contribution in [0.25, 0.3) is 10.8 Å². The molecule has 2 aromatic rings. The average molecular weight is 286 g/mol. The summed E-state index contributed by atoms with van der Waals surface area (Å²) in [5.74, 6) is 0.592. The van der Waals surface area contributed by atoms with Crippen molar-refractivity contribution in [3.05, 3.63) is 42.0 Å². The van der Waals surface area contributed by atoms with Gasteiger partial charge in [0, 0.05) is 22.7 Å². The molecule has 1 unspecified atom stereocenters. The topological polar surface area (TPSA) is 38.0 Å². The molecule has 0 saturated heterocycles. The number of nitrogens with one attached hydrogen (secondary N) is 1. The molecular weight excluding hydrogens is 264 g/mol. The van der Waals surface area contributed by atoms with E-state index in [0.29, 0.717) is 16.9 Å². The Morgan fingerprint density at radius 3 is 2.35 bits per heavy atom. The fourth-order valence-electron chi connectivity index (χ4n) is 2.58. The van der Waals surface area contributed by atoms with Crippen molar-refractivity contribution < 1.29 is 0 Å². The van der Waals surface area contributed by atoms with Crippen LogP contribution in [-0.2, 0) is 0 Å². The maximum Gasteiger partial charge on any atom is 0.104 e. The molecule has 3 N–H and O–H groups in total. The van der Waals surface area contributed by atoms with Crippen LogP contribution in [0.3, 0.4) is 0 Å². The van der Waals surface area contributed by atoms with Crippen molar-refractivity contribution in [1.82, 2.24) is 0 Å². The molecule has 0 radical (unpaired) electrons. The Morgan fingerprint density at radius 2 is 1.80 bits per heavy atom. The number of thiocarbonyl (C=S) groups is 1. The average Bonchev–Trinajstić information content (AvgIpc) is 2.43. The number of benzene rings is 2. The molecule has 0 aliphatic rings. The Hall–Kier alpha value is -1.61. The van der Waals surface area contributed by atoms with Gasteiger partial charge in [-0.05, 0) is 29.9 Å². The van der Waals surface area contributed by atoms with E-state index in [9.17, 15) is 0 Å². The highest BCUT2D eigenvalue weighted by atomic mass is 32.1. The Kier molecular flexibility index (Phi) is 4.61. The van der Waals surface area contributed by atoms with Gasteiger partial charge in [-0.15, -0.1) is 0 Å². The van der Waals surface area contributed by atoms with Crippen molar-refractivity contribution >= 4 is 33.7 Å². The van der Waals surface area contributed by atoms with Crippen LogP contribution in [0.2, 0.25) is 0 Å². The van der Waals surface area contributed by atoms with Gasteiger partial charge in [-0.25, -0.2) is 0 Å². The maximum absolute atomic E-state index is 5.82. The second-order valence-corrected chi connectivity index (χ2v) is 5.91. The number of hydrogen-bond donors (Lipinski definition) is 2. The molecule has 1 atom stereocenters. The Morgan fingerprint density at radius 1 is 1.15 bits per heavy atom. The van der Waals surface area contributed by atoms with Crippen molar-refractivity contribution in [2.24, 2.45) is 11.7 Å². The Balaban J connectivity index is 2.50. The largest absolute Gasteiger partial charge is 0.389 e. The standard InChI is InChI=1S/C17H22N2S/c1-4-15(11(2)3)19-16-10-9-14(17(18)20)12-7-5-6-8-13(12)16/h5-11,15,19H,4H2,1-3H3,(H2,18,20). The molecule has 0 bridgehead atoms. The van der Waals surface area contributed by atoms with Crippen molar-refractivity contribution in [1.29, 1.82) is 0 Å². The summed E-state index contributed by atoms with van der Waals surface area (Å²) >= 11 is 5.14. The minimum atomic E-state index is 0.448. The molecule has 0 fully saturated rings. The van der Waals surface area contributed by atoms with Gasteiger partial charge in [0.2, 0.25) is 0 Å². The molecule has 3 heteroatoms. The van der Waals surface area contributed by atoms with E-state index in [-0.39, 0.29) is 0 Å². The summed E-state index contributed by atoms with van der Waals surface area (Å²) in [6.07, 6.45) is 1.10. The molecule has 106 valence electrons. The number of rotatable bonds is 5. The van der Waals surface area contributed by atoms with E-state index in [4.69, 9.17) is 18.0 Å². The van der Waals surface area contributed by atoms with Crippen LogP contribution in [0.15, 0.2) is 36.4 Å². The van der Waals surface area contributed by atoms with Gasteiger partial charge >= 0.3 is 0 Å². The van der Waals surface area contributed by atoms with E-state index < -0.39 is 0 Å². The Labute approximate surface area is 126 Å². The first kappa shape index (κ1) is 14.8. The molecule has 20 heavy (non-hydrogen) atoms. The molecule has 0 saturated carbocycles. The van der Waals surface area contributed by atoms with Gasteiger partial charge in [-0.3, -0.25) is 0 Å². The molecule has 0 spiro atoms. The molecule has 0 aromatic heterocycles. The van der Waals surface area contributed by atoms with Gasteiger partial charge in [-0.2, -0.15) is 0 Å². The zero-order valence-electron chi connectivity index (χ0n) is 12.3. The van der Waals surface area contributed by atoms with Crippen LogP contribution >= 0.6 is 12.2 Å². The van der Waals surface area contributed by atoms with E-state index in [0.717, 1.165) is 23.1 Å².